The number of benzene rings is 1. The van der Waals surface area contributed by atoms with Gasteiger partial charge in [0, 0.05) is 5.54 Å². The molecule has 8 heteroatoms. The van der Waals surface area contributed by atoms with Crippen molar-refractivity contribution in [2.45, 2.75) is 31.2 Å². The molecule has 1 heterocycles. The van der Waals surface area contributed by atoms with E-state index in [9.17, 15) is 8.42 Å². The molecule has 0 spiro atoms. The van der Waals surface area contributed by atoms with E-state index >= 15 is 0 Å². The molecule has 0 saturated heterocycles. The van der Waals surface area contributed by atoms with Crippen molar-refractivity contribution in [3.05, 3.63) is 41.6 Å². The molecular weight excluding hydrogens is 350 g/mol. The minimum atomic E-state index is -3.78. The lowest BCUT2D eigenvalue weighted by atomic mass is 10.1. The maximum atomic E-state index is 12.4. The molecule has 1 aromatic heterocycles. The van der Waals surface area contributed by atoms with E-state index in [4.69, 9.17) is 16.3 Å². The zero-order valence-corrected chi connectivity index (χ0v) is 15.5. The summed E-state index contributed by atoms with van der Waals surface area (Å²) in [5, 5.41) is 3.47. The van der Waals surface area contributed by atoms with Gasteiger partial charge in [0.2, 0.25) is 0 Å². The molecule has 6 nitrogen and oxygen atoms in total. The lowest BCUT2D eigenvalue weighted by Gasteiger charge is -2.21. The third-order valence-electron chi connectivity index (χ3n) is 2.96. The van der Waals surface area contributed by atoms with Gasteiger partial charge in [-0.05, 0) is 51.1 Å². The van der Waals surface area contributed by atoms with E-state index in [0.29, 0.717) is 5.75 Å². The van der Waals surface area contributed by atoms with Gasteiger partial charge in [0.05, 0.1) is 28.9 Å². The van der Waals surface area contributed by atoms with Crippen molar-refractivity contribution in [2.75, 3.05) is 17.1 Å². The van der Waals surface area contributed by atoms with Gasteiger partial charge in [-0.15, -0.1) is 0 Å². The molecule has 130 valence electrons. The highest BCUT2D eigenvalue weighted by Crippen LogP contribution is 2.27. The zero-order chi connectivity index (χ0) is 18.0. The van der Waals surface area contributed by atoms with Crippen LogP contribution in [0.4, 0.5) is 11.5 Å². The molecule has 0 bridgehead atoms. The number of rotatable bonds is 5. The Bertz CT molecular complexity index is 815. The van der Waals surface area contributed by atoms with Gasteiger partial charge in [-0.2, -0.15) is 0 Å². The summed E-state index contributed by atoms with van der Waals surface area (Å²) in [4.78, 5) is 4.15. The highest BCUT2D eigenvalue weighted by molar-refractivity contribution is 7.92. The van der Waals surface area contributed by atoms with Gasteiger partial charge in [-0.25, -0.2) is 13.4 Å². The molecule has 1 aromatic carbocycles. The summed E-state index contributed by atoms with van der Waals surface area (Å²) < 4.78 is 32.2. The molecule has 0 amide bonds. The number of aromatic nitrogens is 1. The average molecular weight is 370 g/mol. The van der Waals surface area contributed by atoms with Crippen molar-refractivity contribution in [3.8, 4) is 5.75 Å². The first-order valence-corrected chi connectivity index (χ1v) is 9.07. The van der Waals surface area contributed by atoms with E-state index in [2.05, 4.69) is 15.0 Å². The van der Waals surface area contributed by atoms with Crippen LogP contribution in [0.3, 0.4) is 0 Å². The number of ether oxygens (including phenoxy) is 1. The van der Waals surface area contributed by atoms with E-state index in [1.54, 1.807) is 18.3 Å². The molecule has 0 aliphatic carbocycles. The predicted molar refractivity (Wildman–Crippen MR) is 96.4 cm³/mol. The molecular formula is C16H20ClN3O3S. The Hall–Kier alpha value is -1.99. The second kappa shape index (κ2) is 6.86. The van der Waals surface area contributed by atoms with Crippen LogP contribution < -0.4 is 14.8 Å². The van der Waals surface area contributed by atoms with Crippen LogP contribution in [-0.4, -0.2) is 26.1 Å². The number of pyridine rings is 1. The van der Waals surface area contributed by atoms with Crippen molar-refractivity contribution < 1.29 is 13.2 Å². The third kappa shape index (κ3) is 4.75. The molecule has 0 atom stereocenters. The van der Waals surface area contributed by atoms with E-state index in [1.165, 1.54) is 25.3 Å². The summed E-state index contributed by atoms with van der Waals surface area (Å²) >= 11 is 5.98. The quantitative estimate of drug-likeness (QED) is 0.838. The number of hydrogen-bond acceptors (Lipinski definition) is 5. The molecule has 2 N–H and O–H groups in total. The van der Waals surface area contributed by atoms with Gasteiger partial charge in [-0.1, -0.05) is 11.6 Å². The summed E-state index contributed by atoms with van der Waals surface area (Å²) in [6.45, 7) is 6.07. The highest BCUT2D eigenvalue weighted by atomic mass is 35.5. The number of hydrogen-bond donors (Lipinski definition) is 2. The van der Waals surface area contributed by atoms with Gasteiger partial charge in [-0.3, -0.25) is 4.72 Å². The van der Waals surface area contributed by atoms with Gasteiger partial charge < -0.3 is 10.1 Å². The molecule has 2 aromatic rings. The van der Waals surface area contributed by atoms with Gasteiger partial charge in [0.15, 0.2) is 0 Å². The smallest absolute Gasteiger partial charge is 0.263 e. The van der Waals surface area contributed by atoms with Crippen LogP contribution >= 0.6 is 11.6 Å². The Morgan fingerprint density at radius 2 is 1.88 bits per heavy atom. The number of nitrogens with zero attached hydrogens (tertiary/aromatic N) is 1. The van der Waals surface area contributed by atoms with Gasteiger partial charge >= 0.3 is 0 Å². The van der Waals surface area contributed by atoms with Crippen LogP contribution in [-0.2, 0) is 10.0 Å². The fourth-order valence-electron chi connectivity index (χ4n) is 1.97. The molecule has 0 aliphatic heterocycles. The van der Waals surface area contributed by atoms with Crippen LogP contribution in [0.15, 0.2) is 41.4 Å². The Kier molecular flexibility index (Phi) is 5.25. The first-order valence-electron chi connectivity index (χ1n) is 7.21. The lowest BCUT2D eigenvalue weighted by molar-refractivity contribution is 0.414. The fourth-order valence-corrected chi connectivity index (χ4v) is 3.33. The number of sulfonamides is 1. The summed E-state index contributed by atoms with van der Waals surface area (Å²) in [6.07, 6.45) is 1.57. The average Bonchev–Trinajstić information content (AvgIpc) is 2.47. The normalized spacial score (nSPS) is 11.9. The molecule has 24 heavy (non-hydrogen) atoms. The maximum absolute atomic E-state index is 12.4. The molecule has 0 unspecified atom stereocenters. The molecule has 0 saturated carbocycles. The Morgan fingerprint density at radius 1 is 1.17 bits per heavy atom. The van der Waals surface area contributed by atoms with Crippen molar-refractivity contribution in [1.29, 1.82) is 0 Å². The summed E-state index contributed by atoms with van der Waals surface area (Å²) in [6, 6.07) is 7.61. The van der Waals surface area contributed by atoms with Gasteiger partial charge in [0.25, 0.3) is 10.0 Å². The molecule has 2 rings (SSSR count). The standard InChI is InChI=1S/C16H20ClN3O3S/c1-16(2,3)19-11-5-8-15(18-10-11)20-24(21,22)12-6-7-14(23-4)13(17)9-12/h5-10,19H,1-4H3,(H,18,20). The molecule has 0 radical (unpaired) electrons. The van der Waals surface area contributed by atoms with Crippen molar-refractivity contribution in [3.63, 3.8) is 0 Å². The first-order chi connectivity index (χ1) is 11.1. The van der Waals surface area contributed by atoms with E-state index < -0.39 is 10.0 Å². The van der Waals surface area contributed by atoms with Crippen LogP contribution in [0, 0.1) is 0 Å². The second-order valence-electron chi connectivity index (χ2n) is 6.21. The van der Waals surface area contributed by atoms with Crippen LogP contribution in [0.1, 0.15) is 20.8 Å². The second-order valence-corrected chi connectivity index (χ2v) is 8.30. The first kappa shape index (κ1) is 18.4. The number of halogens is 1. The Balaban J connectivity index is 2.18. The maximum Gasteiger partial charge on any atom is 0.263 e. The largest absolute Gasteiger partial charge is 0.495 e. The Labute approximate surface area is 147 Å². The van der Waals surface area contributed by atoms with Crippen molar-refractivity contribution in [2.24, 2.45) is 0 Å². The lowest BCUT2D eigenvalue weighted by Crippen LogP contribution is -2.26. The van der Waals surface area contributed by atoms with E-state index in [-0.39, 0.29) is 21.3 Å². The van der Waals surface area contributed by atoms with Crippen molar-refractivity contribution in [1.82, 2.24) is 4.98 Å². The van der Waals surface area contributed by atoms with Crippen LogP contribution in [0.5, 0.6) is 5.75 Å². The number of nitrogens with one attached hydrogen (secondary N) is 2. The topological polar surface area (TPSA) is 80.3 Å². The van der Waals surface area contributed by atoms with Crippen molar-refractivity contribution >= 4 is 33.1 Å². The minimum Gasteiger partial charge on any atom is -0.495 e. The third-order valence-corrected chi connectivity index (χ3v) is 4.60. The van der Waals surface area contributed by atoms with Crippen LogP contribution in [0.25, 0.3) is 0 Å². The van der Waals surface area contributed by atoms with Gasteiger partial charge in [0.1, 0.15) is 11.6 Å². The monoisotopic (exact) mass is 369 g/mol. The summed E-state index contributed by atoms with van der Waals surface area (Å²) in [5.41, 5.74) is 0.695. The minimum absolute atomic E-state index is 0.0343. The number of methoxy groups -OCH3 is 1. The van der Waals surface area contributed by atoms with E-state index in [1.807, 2.05) is 20.8 Å². The number of anilines is 2. The fraction of sp³-hybridized carbons (Fsp3) is 0.312. The van der Waals surface area contributed by atoms with E-state index in [0.717, 1.165) is 5.69 Å². The zero-order valence-electron chi connectivity index (χ0n) is 13.9. The highest BCUT2D eigenvalue weighted by Gasteiger charge is 2.17. The Morgan fingerprint density at radius 3 is 2.38 bits per heavy atom. The van der Waals surface area contributed by atoms with Crippen LogP contribution in [0.2, 0.25) is 5.02 Å². The predicted octanol–water partition coefficient (Wildman–Crippen LogP) is 3.75. The summed E-state index contributed by atoms with van der Waals surface area (Å²) in [5.74, 6) is 0.632. The summed E-state index contributed by atoms with van der Waals surface area (Å²) in [7, 11) is -2.32. The molecule has 0 fully saturated rings. The molecule has 0 aliphatic rings. The SMILES string of the molecule is COc1ccc(S(=O)(=O)Nc2ccc(NC(C)(C)C)cn2)cc1Cl.